The summed E-state index contributed by atoms with van der Waals surface area (Å²) in [6.45, 7) is 4.97. The summed E-state index contributed by atoms with van der Waals surface area (Å²) >= 11 is 3.59. The average molecular weight is 416 g/mol. The number of nitrogens with zero attached hydrogens (tertiary/aromatic N) is 3. The predicted octanol–water partition coefficient (Wildman–Crippen LogP) is 2.69. The Kier molecular flexibility index (Phi) is 6.32. The summed E-state index contributed by atoms with van der Waals surface area (Å²) < 4.78 is 30.2. The molecule has 0 spiro atoms. The largest absolute Gasteiger partial charge is 0.296 e. The minimum absolute atomic E-state index is 0.587. The zero-order chi connectivity index (χ0) is 17.0. The summed E-state index contributed by atoms with van der Waals surface area (Å²) in [5.41, 5.74) is 1.25. The van der Waals surface area contributed by atoms with Crippen LogP contribution in [0.5, 0.6) is 0 Å². The van der Waals surface area contributed by atoms with E-state index in [0.29, 0.717) is 26.2 Å². The van der Waals surface area contributed by atoms with Crippen LogP contribution in [0.25, 0.3) is 0 Å². The van der Waals surface area contributed by atoms with Crippen LogP contribution in [-0.4, -0.2) is 61.2 Å². The lowest BCUT2D eigenvalue weighted by Crippen LogP contribution is -2.52. The summed E-state index contributed by atoms with van der Waals surface area (Å²) in [6, 6.07) is 8.22. The van der Waals surface area contributed by atoms with Gasteiger partial charge >= 0.3 is 0 Å². The van der Waals surface area contributed by atoms with Gasteiger partial charge in [0.2, 0.25) is 0 Å². The molecule has 0 aliphatic carbocycles. The average Bonchev–Trinajstić information content (AvgIpc) is 2.87. The number of benzene rings is 1. The molecule has 0 aromatic heterocycles. The standard InChI is InChI=1S/C17H26BrN3O2S/c18-17-8-4-3-7-16(17)15-19-11-13-21(14-12-19)24(22,23)20-9-5-1-2-6-10-20/h3-4,7-8H,1-2,5-6,9-15H2. The van der Waals surface area contributed by atoms with Crippen molar-refractivity contribution in [2.45, 2.75) is 32.2 Å². The molecule has 134 valence electrons. The van der Waals surface area contributed by atoms with Crippen LogP contribution in [0.2, 0.25) is 0 Å². The Bertz CT molecular complexity index is 637. The van der Waals surface area contributed by atoms with Gasteiger partial charge in [-0.25, -0.2) is 0 Å². The van der Waals surface area contributed by atoms with Crippen molar-refractivity contribution in [3.63, 3.8) is 0 Å². The number of hydrogen-bond donors (Lipinski definition) is 0. The summed E-state index contributed by atoms with van der Waals surface area (Å²) in [5.74, 6) is 0. The lowest BCUT2D eigenvalue weighted by atomic mass is 10.2. The van der Waals surface area contributed by atoms with Gasteiger partial charge in [-0.3, -0.25) is 4.90 Å². The Morgan fingerprint density at radius 2 is 1.42 bits per heavy atom. The molecule has 0 saturated carbocycles. The Hall–Kier alpha value is -0.470. The minimum Gasteiger partial charge on any atom is -0.296 e. The molecule has 0 bridgehead atoms. The first-order chi connectivity index (χ1) is 11.6. The zero-order valence-corrected chi connectivity index (χ0v) is 16.4. The van der Waals surface area contributed by atoms with Gasteiger partial charge in [0.1, 0.15) is 0 Å². The van der Waals surface area contributed by atoms with Gasteiger partial charge in [-0.2, -0.15) is 17.0 Å². The molecule has 0 N–H and O–H groups in total. The van der Waals surface area contributed by atoms with Crippen LogP contribution in [0, 0.1) is 0 Å². The van der Waals surface area contributed by atoms with Gasteiger partial charge in [-0.1, -0.05) is 47.0 Å². The molecule has 0 unspecified atom stereocenters. The van der Waals surface area contributed by atoms with E-state index in [0.717, 1.165) is 49.8 Å². The van der Waals surface area contributed by atoms with Crippen molar-refractivity contribution in [1.29, 1.82) is 0 Å². The molecule has 2 aliphatic rings. The fraction of sp³-hybridized carbons (Fsp3) is 0.647. The highest BCUT2D eigenvalue weighted by atomic mass is 79.9. The van der Waals surface area contributed by atoms with Gasteiger partial charge in [-0.05, 0) is 24.5 Å². The van der Waals surface area contributed by atoms with Gasteiger partial charge in [0.05, 0.1) is 0 Å². The van der Waals surface area contributed by atoms with Crippen molar-refractivity contribution >= 4 is 26.1 Å². The third-order valence-corrected chi connectivity index (χ3v) is 7.71. The molecule has 3 rings (SSSR count). The van der Waals surface area contributed by atoms with E-state index in [-0.39, 0.29) is 0 Å². The van der Waals surface area contributed by atoms with E-state index in [1.165, 1.54) is 5.56 Å². The third kappa shape index (κ3) is 4.38. The lowest BCUT2D eigenvalue weighted by molar-refractivity contribution is 0.174. The monoisotopic (exact) mass is 415 g/mol. The van der Waals surface area contributed by atoms with E-state index in [4.69, 9.17) is 0 Å². The second kappa shape index (κ2) is 8.27. The molecule has 0 radical (unpaired) electrons. The van der Waals surface area contributed by atoms with Crippen LogP contribution >= 0.6 is 15.9 Å². The first-order valence-corrected chi connectivity index (χ1v) is 11.0. The first kappa shape index (κ1) is 18.3. The number of rotatable bonds is 4. The highest BCUT2D eigenvalue weighted by molar-refractivity contribution is 9.10. The Morgan fingerprint density at radius 3 is 2.04 bits per heavy atom. The highest BCUT2D eigenvalue weighted by Crippen LogP contribution is 2.21. The molecule has 2 saturated heterocycles. The lowest BCUT2D eigenvalue weighted by Gasteiger charge is -2.36. The second-order valence-corrected chi connectivity index (χ2v) is 9.37. The second-order valence-electron chi connectivity index (χ2n) is 6.59. The van der Waals surface area contributed by atoms with E-state index < -0.39 is 10.2 Å². The molecule has 2 fully saturated rings. The summed E-state index contributed by atoms with van der Waals surface area (Å²) in [7, 11) is -3.28. The molecule has 2 aliphatic heterocycles. The number of halogens is 1. The van der Waals surface area contributed by atoms with Crippen LogP contribution in [-0.2, 0) is 16.8 Å². The van der Waals surface area contributed by atoms with Crippen LogP contribution < -0.4 is 0 Å². The molecule has 1 aromatic carbocycles. The smallest absolute Gasteiger partial charge is 0.282 e. The highest BCUT2D eigenvalue weighted by Gasteiger charge is 2.32. The van der Waals surface area contributed by atoms with Gasteiger partial charge < -0.3 is 0 Å². The number of piperazine rings is 1. The predicted molar refractivity (Wildman–Crippen MR) is 100.0 cm³/mol. The Morgan fingerprint density at radius 1 is 0.833 bits per heavy atom. The molecule has 0 atom stereocenters. The fourth-order valence-electron chi connectivity index (χ4n) is 3.42. The van der Waals surface area contributed by atoms with E-state index in [1.807, 2.05) is 12.1 Å². The van der Waals surface area contributed by atoms with E-state index >= 15 is 0 Å². The molecule has 7 heteroatoms. The maximum Gasteiger partial charge on any atom is 0.282 e. The third-order valence-electron chi connectivity index (χ3n) is 4.90. The van der Waals surface area contributed by atoms with Crippen LogP contribution in [0.3, 0.4) is 0 Å². The molecular weight excluding hydrogens is 390 g/mol. The Labute approximate surface area is 153 Å². The molecule has 5 nitrogen and oxygen atoms in total. The van der Waals surface area contributed by atoms with Crippen molar-refractivity contribution in [2.24, 2.45) is 0 Å². The van der Waals surface area contributed by atoms with Crippen LogP contribution in [0.15, 0.2) is 28.7 Å². The molecule has 1 aromatic rings. The molecule has 2 heterocycles. The zero-order valence-electron chi connectivity index (χ0n) is 14.0. The summed E-state index contributed by atoms with van der Waals surface area (Å²) in [4.78, 5) is 2.33. The molecular formula is C17H26BrN3O2S. The maximum absolute atomic E-state index is 12.8. The van der Waals surface area contributed by atoms with Crippen LogP contribution in [0.1, 0.15) is 31.2 Å². The topological polar surface area (TPSA) is 43.9 Å². The van der Waals surface area contributed by atoms with Gasteiger partial charge in [0, 0.05) is 50.3 Å². The van der Waals surface area contributed by atoms with E-state index in [9.17, 15) is 8.42 Å². The van der Waals surface area contributed by atoms with Crippen molar-refractivity contribution in [2.75, 3.05) is 39.3 Å². The van der Waals surface area contributed by atoms with Gasteiger partial charge in [-0.15, -0.1) is 0 Å². The Balaban J connectivity index is 1.57. The van der Waals surface area contributed by atoms with Gasteiger partial charge in [0.15, 0.2) is 0 Å². The van der Waals surface area contributed by atoms with E-state index in [2.05, 4.69) is 33.0 Å². The fourth-order valence-corrected chi connectivity index (χ4v) is 5.50. The summed E-state index contributed by atoms with van der Waals surface area (Å²) in [6.07, 6.45) is 4.26. The van der Waals surface area contributed by atoms with E-state index in [1.54, 1.807) is 8.61 Å². The summed E-state index contributed by atoms with van der Waals surface area (Å²) in [5, 5.41) is 0. The van der Waals surface area contributed by atoms with Crippen LogP contribution in [0.4, 0.5) is 0 Å². The van der Waals surface area contributed by atoms with Crippen molar-refractivity contribution in [1.82, 2.24) is 13.5 Å². The first-order valence-electron chi connectivity index (χ1n) is 8.78. The maximum atomic E-state index is 12.8. The minimum atomic E-state index is -3.28. The molecule has 0 amide bonds. The van der Waals surface area contributed by atoms with Crippen molar-refractivity contribution < 1.29 is 8.42 Å². The van der Waals surface area contributed by atoms with Crippen molar-refractivity contribution in [3.05, 3.63) is 34.3 Å². The normalized spacial score (nSPS) is 22.4. The SMILES string of the molecule is O=S(=O)(N1CCCCCC1)N1CCN(Cc2ccccc2Br)CC1. The molecule has 24 heavy (non-hydrogen) atoms. The van der Waals surface area contributed by atoms with Gasteiger partial charge in [0.25, 0.3) is 10.2 Å². The number of hydrogen-bond acceptors (Lipinski definition) is 3. The van der Waals surface area contributed by atoms with Crippen molar-refractivity contribution in [3.8, 4) is 0 Å². The quantitative estimate of drug-likeness (QED) is 0.758.